The Balaban J connectivity index is 1.67. The molecule has 0 radical (unpaired) electrons. The summed E-state index contributed by atoms with van der Waals surface area (Å²) in [6.07, 6.45) is 0.210. The number of sulfonamides is 1. The lowest BCUT2D eigenvalue weighted by Gasteiger charge is -2.19. The van der Waals surface area contributed by atoms with Crippen molar-refractivity contribution in [3.8, 4) is 0 Å². The lowest BCUT2D eigenvalue weighted by atomic mass is 10.1. The van der Waals surface area contributed by atoms with Crippen LogP contribution in [0.25, 0.3) is 0 Å². The van der Waals surface area contributed by atoms with Gasteiger partial charge in [-0.25, -0.2) is 8.42 Å². The number of hydrogen-bond acceptors (Lipinski definition) is 3. The van der Waals surface area contributed by atoms with E-state index in [-0.39, 0.29) is 17.2 Å². The number of benzene rings is 3. The van der Waals surface area contributed by atoms with Crippen LogP contribution in [0.4, 0.5) is 11.4 Å². The highest BCUT2D eigenvalue weighted by Gasteiger charge is 2.20. The average Bonchev–Trinajstić information content (AvgIpc) is 2.70. The van der Waals surface area contributed by atoms with E-state index in [0.717, 1.165) is 14.8 Å². The molecule has 7 heteroatoms. The van der Waals surface area contributed by atoms with Gasteiger partial charge in [0.05, 0.1) is 17.0 Å². The zero-order valence-corrected chi connectivity index (χ0v) is 18.1. The van der Waals surface area contributed by atoms with Gasteiger partial charge in [0.15, 0.2) is 0 Å². The van der Waals surface area contributed by atoms with Crippen LogP contribution in [-0.2, 0) is 21.2 Å². The SMILES string of the molecule is CN(c1ccc(CC(=O)Nc2ccc(I)cc2)cc1)S(=O)(=O)c1ccccc1. The number of nitrogens with one attached hydrogen (secondary N) is 1. The summed E-state index contributed by atoms with van der Waals surface area (Å²) in [5.74, 6) is -0.126. The van der Waals surface area contributed by atoms with Gasteiger partial charge in [0.2, 0.25) is 5.91 Å². The van der Waals surface area contributed by atoms with Gasteiger partial charge in [0, 0.05) is 16.3 Å². The quantitative estimate of drug-likeness (QED) is 0.508. The molecule has 0 spiro atoms. The fourth-order valence-corrected chi connectivity index (χ4v) is 4.21. The predicted molar refractivity (Wildman–Crippen MR) is 120 cm³/mol. The first-order valence-corrected chi connectivity index (χ1v) is 11.1. The topological polar surface area (TPSA) is 66.5 Å². The van der Waals surface area contributed by atoms with Crippen LogP contribution in [0.5, 0.6) is 0 Å². The summed E-state index contributed by atoms with van der Waals surface area (Å²) in [6.45, 7) is 0. The molecule has 1 amide bonds. The van der Waals surface area contributed by atoms with Crippen molar-refractivity contribution in [2.45, 2.75) is 11.3 Å². The first-order valence-electron chi connectivity index (χ1n) is 8.54. The van der Waals surface area contributed by atoms with Gasteiger partial charge >= 0.3 is 0 Å². The van der Waals surface area contributed by atoms with E-state index in [2.05, 4.69) is 27.9 Å². The van der Waals surface area contributed by atoms with Crippen molar-refractivity contribution in [3.63, 3.8) is 0 Å². The summed E-state index contributed by atoms with van der Waals surface area (Å²) in [5.41, 5.74) is 2.08. The minimum atomic E-state index is -3.62. The van der Waals surface area contributed by atoms with Gasteiger partial charge in [-0.15, -0.1) is 0 Å². The normalized spacial score (nSPS) is 11.1. The van der Waals surface area contributed by atoms with E-state index >= 15 is 0 Å². The molecule has 0 unspecified atom stereocenters. The van der Waals surface area contributed by atoms with Crippen molar-refractivity contribution < 1.29 is 13.2 Å². The molecule has 3 aromatic rings. The summed E-state index contributed by atoms with van der Waals surface area (Å²) < 4.78 is 27.7. The predicted octanol–water partition coefficient (Wildman–Crippen LogP) is 4.30. The Kier molecular flexibility index (Phi) is 6.35. The maximum absolute atomic E-state index is 12.7. The van der Waals surface area contributed by atoms with Gasteiger partial charge in [0.25, 0.3) is 10.0 Å². The van der Waals surface area contributed by atoms with E-state index in [1.54, 1.807) is 54.6 Å². The largest absolute Gasteiger partial charge is 0.326 e. The summed E-state index contributed by atoms with van der Waals surface area (Å²) >= 11 is 2.21. The van der Waals surface area contributed by atoms with Crippen molar-refractivity contribution >= 4 is 49.9 Å². The van der Waals surface area contributed by atoms with E-state index in [0.29, 0.717) is 5.69 Å². The zero-order chi connectivity index (χ0) is 20.1. The molecule has 3 rings (SSSR count). The number of amides is 1. The first-order chi connectivity index (χ1) is 13.4. The van der Waals surface area contributed by atoms with Crippen LogP contribution in [0.2, 0.25) is 0 Å². The second-order valence-electron chi connectivity index (χ2n) is 6.18. The molecule has 0 saturated heterocycles. The number of nitrogens with zero attached hydrogens (tertiary/aromatic N) is 1. The van der Waals surface area contributed by atoms with Crippen LogP contribution >= 0.6 is 22.6 Å². The Morgan fingerprint density at radius 1 is 0.929 bits per heavy atom. The van der Waals surface area contributed by atoms with Crippen molar-refractivity contribution in [3.05, 3.63) is 88.0 Å². The van der Waals surface area contributed by atoms with Gasteiger partial charge in [0.1, 0.15) is 0 Å². The maximum Gasteiger partial charge on any atom is 0.264 e. The summed E-state index contributed by atoms with van der Waals surface area (Å²) in [5, 5.41) is 2.85. The second-order valence-corrected chi connectivity index (χ2v) is 9.40. The van der Waals surface area contributed by atoms with E-state index in [4.69, 9.17) is 0 Å². The van der Waals surface area contributed by atoms with Crippen molar-refractivity contribution in [2.75, 3.05) is 16.7 Å². The first kappa shape index (κ1) is 20.3. The number of anilines is 2. The summed E-state index contributed by atoms with van der Waals surface area (Å²) in [4.78, 5) is 12.4. The van der Waals surface area contributed by atoms with E-state index in [9.17, 15) is 13.2 Å². The number of hydrogen-bond donors (Lipinski definition) is 1. The fourth-order valence-electron chi connectivity index (χ4n) is 2.64. The molecule has 0 fully saturated rings. The van der Waals surface area contributed by atoms with Gasteiger partial charge < -0.3 is 5.32 Å². The lowest BCUT2D eigenvalue weighted by molar-refractivity contribution is -0.115. The molecule has 0 aliphatic rings. The van der Waals surface area contributed by atoms with E-state index < -0.39 is 10.0 Å². The highest BCUT2D eigenvalue weighted by molar-refractivity contribution is 14.1. The van der Waals surface area contributed by atoms with E-state index in [1.807, 2.05) is 24.3 Å². The minimum absolute atomic E-state index is 0.126. The molecular formula is C21H19IN2O3S. The van der Waals surface area contributed by atoms with Crippen LogP contribution in [0.15, 0.2) is 83.8 Å². The fraction of sp³-hybridized carbons (Fsp3) is 0.0952. The molecule has 0 aliphatic carbocycles. The van der Waals surface area contributed by atoms with Crippen molar-refractivity contribution in [2.24, 2.45) is 0 Å². The molecule has 3 aromatic carbocycles. The molecule has 144 valence electrons. The molecule has 0 saturated carbocycles. The van der Waals surface area contributed by atoms with Gasteiger partial charge in [-0.3, -0.25) is 9.10 Å². The average molecular weight is 506 g/mol. The third kappa shape index (κ3) is 4.90. The Morgan fingerprint density at radius 3 is 2.14 bits per heavy atom. The third-order valence-electron chi connectivity index (χ3n) is 4.19. The maximum atomic E-state index is 12.7. The highest BCUT2D eigenvalue weighted by atomic mass is 127. The number of rotatable bonds is 6. The Labute approximate surface area is 178 Å². The lowest BCUT2D eigenvalue weighted by Crippen LogP contribution is -2.26. The number of carbonyl (C=O) groups excluding carboxylic acids is 1. The van der Waals surface area contributed by atoms with Crippen LogP contribution in [0.3, 0.4) is 0 Å². The zero-order valence-electron chi connectivity index (χ0n) is 15.2. The third-order valence-corrected chi connectivity index (χ3v) is 6.71. The molecule has 5 nitrogen and oxygen atoms in total. The molecule has 0 heterocycles. The molecule has 1 N–H and O–H groups in total. The summed E-state index contributed by atoms with van der Waals surface area (Å²) in [7, 11) is -2.10. The van der Waals surface area contributed by atoms with E-state index in [1.165, 1.54) is 11.4 Å². The molecule has 0 aliphatic heterocycles. The second kappa shape index (κ2) is 8.74. The molecule has 0 aromatic heterocycles. The highest BCUT2D eigenvalue weighted by Crippen LogP contribution is 2.22. The van der Waals surface area contributed by atoms with Crippen LogP contribution < -0.4 is 9.62 Å². The summed E-state index contributed by atoms with van der Waals surface area (Å²) in [6, 6.07) is 22.8. The number of carbonyl (C=O) groups is 1. The van der Waals surface area contributed by atoms with Crippen LogP contribution in [0.1, 0.15) is 5.56 Å². The molecular weight excluding hydrogens is 487 g/mol. The smallest absolute Gasteiger partial charge is 0.264 e. The molecule has 28 heavy (non-hydrogen) atoms. The van der Waals surface area contributed by atoms with Gasteiger partial charge in [-0.2, -0.15) is 0 Å². The van der Waals surface area contributed by atoms with Gasteiger partial charge in [-0.05, 0) is 76.7 Å². The molecule has 0 atom stereocenters. The van der Waals surface area contributed by atoms with Crippen LogP contribution in [0, 0.1) is 3.57 Å². The Bertz CT molecular complexity index is 1050. The minimum Gasteiger partial charge on any atom is -0.326 e. The molecule has 0 bridgehead atoms. The Morgan fingerprint density at radius 2 is 1.54 bits per heavy atom. The van der Waals surface area contributed by atoms with Crippen molar-refractivity contribution in [1.82, 2.24) is 0 Å². The van der Waals surface area contributed by atoms with Crippen molar-refractivity contribution in [1.29, 1.82) is 0 Å². The standard InChI is InChI=1S/C21H19IN2O3S/c1-24(28(26,27)20-5-3-2-4-6-20)19-13-7-16(8-14-19)15-21(25)23-18-11-9-17(22)10-12-18/h2-14H,15H2,1H3,(H,23,25). The van der Waals surface area contributed by atoms with Gasteiger partial charge in [-0.1, -0.05) is 30.3 Å². The van der Waals surface area contributed by atoms with Crippen LogP contribution in [-0.4, -0.2) is 21.4 Å². The Hall–Kier alpha value is -2.39. The number of halogens is 1. The monoisotopic (exact) mass is 506 g/mol.